The van der Waals surface area contributed by atoms with Gasteiger partial charge in [-0.05, 0) is 39.7 Å². The maximum absolute atomic E-state index is 12.3. The van der Waals surface area contributed by atoms with Crippen LogP contribution in [0.25, 0.3) is 10.9 Å². The zero-order valence-corrected chi connectivity index (χ0v) is 21.0. The summed E-state index contributed by atoms with van der Waals surface area (Å²) in [6.07, 6.45) is 3.69. The summed E-state index contributed by atoms with van der Waals surface area (Å²) in [4.78, 5) is 12.3. The molecule has 0 bridgehead atoms. The third-order valence-electron chi connectivity index (χ3n) is 4.95. The van der Waals surface area contributed by atoms with Gasteiger partial charge >= 0.3 is 0 Å². The Kier molecular flexibility index (Phi) is 7.47. The molecule has 1 N–H and O–H groups in total. The molecule has 3 aromatic carbocycles. The molecular weight excluding hydrogens is 550 g/mol. The first-order chi connectivity index (χ1) is 16.0. The summed E-state index contributed by atoms with van der Waals surface area (Å²) in [5, 5.41) is 5.20. The van der Waals surface area contributed by atoms with E-state index in [0.29, 0.717) is 16.0 Å². The highest BCUT2D eigenvalue weighted by atomic mass is 79.9. The quantitative estimate of drug-likeness (QED) is 0.217. The molecule has 0 saturated carbocycles. The van der Waals surface area contributed by atoms with Gasteiger partial charge in [-0.15, -0.1) is 0 Å². The highest BCUT2D eigenvalue weighted by Gasteiger charge is 2.13. The molecule has 1 heterocycles. The van der Waals surface area contributed by atoms with Gasteiger partial charge in [0.25, 0.3) is 5.91 Å². The first kappa shape index (κ1) is 23.1. The Bertz CT molecular complexity index is 1300. The molecule has 33 heavy (non-hydrogen) atoms. The summed E-state index contributed by atoms with van der Waals surface area (Å²) >= 11 is 6.82. The Hall–Kier alpha value is -3.10. The first-order valence-electron chi connectivity index (χ1n) is 10.1. The molecule has 8 heteroatoms. The highest BCUT2D eigenvalue weighted by molar-refractivity contribution is 9.11. The molecular formula is C25H21Br2N3O3. The lowest BCUT2D eigenvalue weighted by Gasteiger charge is -2.12. The Morgan fingerprint density at radius 3 is 2.64 bits per heavy atom. The van der Waals surface area contributed by atoms with Crippen molar-refractivity contribution in [2.45, 2.75) is 6.54 Å². The minimum Gasteiger partial charge on any atom is -0.493 e. The van der Waals surface area contributed by atoms with E-state index in [1.807, 2.05) is 48.7 Å². The van der Waals surface area contributed by atoms with Crippen molar-refractivity contribution in [3.63, 3.8) is 0 Å². The average molecular weight is 571 g/mol. The number of hydrazone groups is 1. The zero-order chi connectivity index (χ0) is 23.2. The molecule has 0 aliphatic carbocycles. The van der Waals surface area contributed by atoms with E-state index >= 15 is 0 Å². The maximum atomic E-state index is 12.3. The van der Waals surface area contributed by atoms with Crippen molar-refractivity contribution < 1.29 is 14.3 Å². The number of carbonyl (C=O) groups is 1. The van der Waals surface area contributed by atoms with E-state index in [9.17, 15) is 4.79 Å². The van der Waals surface area contributed by atoms with Crippen LogP contribution in [-0.4, -0.2) is 30.4 Å². The van der Waals surface area contributed by atoms with Crippen LogP contribution in [0.4, 0.5) is 0 Å². The predicted octanol–water partition coefficient (Wildman–Crippen LogP) is 5.75. The number of ether oxygens (including phenoxy) is 2. The second kappa shape index (κ2) is 10.7. The number of rotatable bonds is 8. The molecule has 0 radical (unpaired) electrons. The van der Waals surface area contributed by atoms with Crippen molar-refractivity contribution in [3.05, 3.63) is 93.0 Å². The van der Waals surface area contributed by atoms with Crippen LogP contribution >= 0.6 is 31.9 Å². The number of amides is 1. The van der Waals surface area contributed by atoms with E-state index in [-0.39, 0.29) is 12.5 Å². The molecule has 4 aromatic rings. The Morgan fingerprint density at radius 1 is 1.09 bits per heavy atom. The fourth-order valence-electron chi connectivity index (χ4n) is 3.46. The van der Waals surface area contributed by atoms with Crippen molar-refractivity contribution in [3.8, 4) is 11.5 Å². The number of fused-ring (bicyclic) bond motifs is 1. The number of hydrogen-bond acceptors (Lipinski definition) is 4. The van der Waals surface area contributed by atoms with Crippen molar-refractivity contribution in [1.82, 2.24) is 9.99 Å². The fourth-order valence-corrected chi connectivity index (χ4v) is 4.76. The lowest BCUT2D eigenvalue weighted by atomic mass is 10.2. The van der Waals surface area contributed by atoms with E-state index < -0.39 is 0 Å². The SMILES string of the molecule is COc1cc(Br)cc(Br)c1OCC(=O)N/N=C\c1cn(Cc2ccccc2)c2ccccc12. The number of halogens is 2. The Morgan fingerprint density at radius 2 is 1.85 bits per heavy atom. The molecule has 0 fully saturated rings. The number of nitrogens with one attached hydrogen (secondary N) is 1. The molecule has 0 aliphatic rings. The van der Waals surface area contributed by atoms with Crippen LogP contribution in [-0.2, 0) is 11.3 Å². The summed E-state index contributed by atoms with van der Waals surface area (Å²) < 4.78 is 14.6. The van der Waals surface area contributed by atoms with Crippen LogP contribution in [0.2, 0.25) is 0 Å². The van der Waals surface area contributed by atoms with Gasteiger partial charge in [-0.2, -0.15) is 5.10 Å². The molecule has 0 saturated heterocycles. The van der Waals surface area contributed by atoms with E-state index in [1.54, 1.807) is 19.4 Å². The third-order valence-corrected chi connectivity index (χ3v) is 6.00. The van der Waals surface area contributed by atoms with E-state index in [2.05, 4.69) is 65.2 Å². The predicted molar refractivity (Wildman–Crippen MR) is 137 cm³/mol. The summed E-state index contributed by atoms with van der Waals surface area (Å²) in [5.41, 5.74) is 5.75. The molecule has 1 amide bonds. The first-order valence-corrected chi connectivity index (χ1v) is 11.7. The topological polar surface area (TPSA) is 64.8 Å². The smallest absolute Gasteiger partial charge is 0.277 e. The molecule has 0 aliphatic heterocycles. The van der Waals surface area contributed by atoms with Gasteiger partial charge in [0.15, 0.2) is 18.1 Å². The zero-order valence-electron chi connectivity index (χ0n) is 17.8. The van der Waals surface area contributed by atoms with Gasteiger partial charge in [0.05, 0.1) is 17.8 Å². The second-order valence-electron chi connectivity index (χ2n) is 7.22. The molecule has 0 unspecified atom stereocenters. The summed E-state index contributed by atoms with van der Waals surface area (Å²) in [5.74, 6) is 0.582. The summed E-state index contributed by atoms with van der Waals surface area (Å²) in [6, 6.07) is 22.0. The van der Waals surface area contributed by atoms with Gasteiger partial charge < -0.3 is 14.0 Å². The van der Waals surface area contributed by atoms with E-state index in [4.69, 9.17) is 9.47 Å². The van der Waals surface area contributed by atoms with Gasteiger partial charge in [-0.3, -0.25) is 4.79 Å². The van der Waals surface area contributed by atoms with Crippen LogP contribution in [0.5, 0.6) is 11.5 Å². The number of benzene rings is 3. The van der Waals surface area contributed by atoms with Crippen LogP contribution in [0.15, 0.2) is 87.0 Å². The van der Waals surface area contributed by atoms with E-state index in [0.717, 1.165) is 27.5 Å². The van der Waals surface area contributed by atoms with Gasteiger partial charge in [-0.25, -0.2) is 5.43 Å². The Balaban J connectivity index is 1.43. The van der Waals surface area contributed by atoms with Gasteiger partial charge in [0.1, 0.15) is 0 Å². The fraction of sp³-hybridized carbons (Fsp3) is 0.120. The summed E-state index contributed by atoms with van der Waals surface area (Å²) in [7, 11) is 1.54. The summed E-state index contributed by atoms with van der Waals surface area (Å²) in [6.45, 7) is 0.545. The molecule has 4 rings (SSSR count). The molecule has 0 atom stereocenters. The molecule has 0 spiro atoms. The van der Waals surface area contributed by atoms with Crippen molar-refractivity contribution in [2.24, 2.45) is 5.10 Å². The Labute approximate surface area is 208 Å². The molecule has 1 aromatic heterocycles. The van der Waals surface area contributed by atoms with Crippen LogP contribution < -0.4 is 14.9 Å². The van der Waals surface area contributed by atoms with Crippen molar-refractivity contribution in [2.75, 3.05) is 13.7 Å². The number of methoxy groups -OCH3 is 1. The largest absolute Gasteiger partial charge is 0.493 e. The van der Waals surface area contributed by atoms with Crippen LogP contribution in [0, 0.1) is 0 Å². The lowest BCUT2D eigenvalue weighted by Crippen LogP contribution is -2.24. The number of carbonyl (C=O) groups excluding carboxylic acids is 1. The standard InChI is InChI=1S/C25H21Br2N3O3/c1-32-23-12-19(26)11-21(27)25(23)33-16-24(31)29-28-13-18-15-30(14-17-7-3-2-4-8-17)22-10-6-5-9-20(18)22/h2-13,15H,14,16H2,1H3,(H,29,31)/b28-13-. The number of nitrogens with zero attached hydrogens (tertiary/aromatic N) is 2. The minimum atomic E-state index is -0.379. The lowest BCUT2D eigenvalue weighted by molar-refractivity contribution is -0.123. The number of hydrogen-bond donors (Lipinski definition) is 1. The van der Waals surface area contributed by atoms with E-state index in [1.165, 1.54) is 5.56 Å². The normalized spacial score (nSPS) is 11.1. The van der Waals surface area contributed by atoms with Crippen molar-refractivity contribution >= 4 is 54.9 Å². The maximum Gasteiger partial charge on any atom is 0.277 e. The van der Waals surface area contributed by atoms with Crippen molar-refractivity contribution in [1.29, 1.82) is 0 Å². The second-order valence-corrected chi connectivity index (χ2v) is 8.99. The monoisotopic (exact) mass is 569 g/mol. The number of aromatic nitrogens is 1. The molecule has 6 nitrogen and oxygen atoms in total. The average Bonchev–Trinajstić information content (AvgIpc) is 3.16. The van der Waals surface area contributed by atoms with Gasteiger partial charge in [0, 0.05) is 33.7 Å². The minimum absolute atomic E-state index is 0.205. The molecule has 168 valence electrons. The third kappa shape index (κ3) is 5.64. The van der Waals surface area contributed by atoms with Crippen LogP contribution in [0.3, 0.4) is 0 Å². The number of para-hydroxylation sites is 1. The van der Waals surface area contributed by atoms with Gasteiger partial charge in [0.2, 0.25) is 0 Å². The van der Waals surface area contributed by atoms with Crippen LogP contribution in [0.1, 0.15) is 11.1 Å². The van der Waals surface area contributed by atoms with Gasteiger partial charge in [-0.1, -0.05) is 64.5 Å². The highest BCUT2D eigenvalue weighted by Crippen LogP contribution is 2.38.